The van der Waals surface area contributed by atoms with Gasteiger partial charge in [-0.15, -0.1) is 0 Å². The predicted molar refractivity (Wildman–Crippen MR) is 78.1 cm³/mol. The standard InChI is InChI=1S/C13H16ClN3O2S/c1-9-13(8-15-16-9)20(18,19)17(3)10(2)11-5-4-6-12(14)7-11/h4-8,10H,1-3H3,(H,15,16). The summed E-state index contributed by atoms with van der Waals surface area (Å²) in [5.41, 5.74) is 1.36. The first-order valence-corrected chi connectivity index (χ1v) is 7.89. The van der Waals surface area contributed by atoms with Gasteiger partial charge in [0.05, 0.1) is 11.9 Å². The largest absolute Gasteiger partial charge is 0.281 e. The Hall–Kier alpha value is -1.37. The van der Waals surface area contributed by atoms with Gasteiger partial charge in [0.2, 0.25) is 10.0 Å². The van der Waals surface area contributed by atoms with Crippen LogP contribution in [0.4, 0.5) is 0 Å². The minimum Gasteiger partial charge on any atom is -0.281 e. The molecule has 1 atom stereocenters. The highest BCUT2D eigenvalue weighted by Gasteiger charge is 2.28. The van der Waals surface area contributed by atoms with Crippen molar-refractivity contribution in [2.45, 2.75) is 24.8 Å². The number of rotatable bonds is 4. The summed E-state index contributed by atoms with van der Waals surface area (Å²) in [5, 5.41) is 6.99. The Balaban J connectivity index is 2.36. The second-order valence-corrected chi connectivity index (χ2v) is 7.01. The molecule has 20 heavy (non-hydrogen) atoms. The van der Waals surface area contributed by atoms with Crippen LogP contribution in [0.2, 0.25) is 5.02 Å². The Kier molecular flexibility index (Phi) is 4.17. The van der Waals surface area contributed by atoms with E-state index in [1.165, 1.54) is 10.5 Å². The van der Waals surface area contributed by atoms with E-state index in [-0.39, 0.29) is 10.9 Å². The monoisotopic (exact) mass is 313 g/mol. The van der Waals surface area contributed by atoms with Crippen molar-refractivity contribution in [3.8, 4) is 0 Å². The average Bonchev–Trinajstić information content (AvgIpc) is 2.84. The summed E-state index contributed by atoms with van der Waals surface area (Å²) in [6.07, 6.45) is 1.33. The third kappa shape index (κ3) is 2.72. The van der Waals surface area contributed by atoms with Crippen molar-refractivity contribution >= 4 is 21.6 Å². The Morgan fingerprint density at radius 1 is 1.40 bits per heavy atom. The van der Waals surface area contributed by atoms with Gasteiger partial charge >= 0.3 is 0 Å². The zero-order chi connectivity index (χ0) is 14.9. The summed E-state index contributed by atoms with van der Waals surface area (Å²) in [6, 6.07) is 6.85. The van der Waals surface area contributed by atoms with Crippen molar-refractivity contribution in [1.29, 1.82) is 0 Å². The maximum atomic E-state index is 12.5. The first kappa shape index (κ1) is 15.0. The molecule has 0 bridgehead atoms. The minimum absolute atomic E-state index is 0.189. The molecule has 0 spiro atoms. The number of benzene rings is 1. The van der Waals surface area contributed by atoms with E-state index in [0.29, 0.717) is 10.7 Å². The number of aryl methyl sites for hydroxylation is 1. The molecule has 0 aliphatic heterocycles. The molecule has 2 rings (SSSR count). The van der Waals surface area contributed by atoms with Crippen molar-refractivity contribution in [3.05, 3.63) is 46.7 Å². The van der Waals surface area contributed by atoms with Crippen LogP contribution >= 0.6 is 11.6 Å². The van der Waals surface area contributed by atoms with Gasteiger partial charge in [-0.05, 0) is 31.5 Å². The van der Waals surface area contributed by atoms with Gasteiger partial charge in [0.15, 0.2) is 0 Å². The molecule has 0 radical (unpaired) electrons. The summed E-state index contributed by atoms with van der Waals surface area (Å²) in [6.45, 7) is 3.50. The average molecular weight is 314 g/mol. The highest BCUT2D eigenvalue weighted by Crippen LogP contribution is 2.27. The van der Waals surface area contributed by atoms with Gasteiger partial charge in [-0.1, -0.05) is 23.7 Å². The number of halogens is 1. The fourth-order valence-electron chi connectivity index (χ4n) is 1.94. The molecule has 0 saturated carbocycles. The molecule has 2 aromatic rings. The van der Waals surface area contributed by atoms with E-state index in [1.807, 2.05) is 13.0 Å². The molecular weight excluding hydrogens is 298 g/mol. The molecule has 0 saturated heterocycles. The summed E-state index contributed by atoms with van der Waals surface area (Å²) < 4.78 is 26.4. The molecular formula is C13H16ClN3O2S. The zero-order valence-electron chi connectivity index (χ0n) is 11.5. The number of aromatic amines is 1. The number of hydrogen-bond acceptors (Lipinski definition) is 3. The zero-order valence-corrected chi connectivity index (χ0v) is 13.0. The van der Waals surface area contributed by atoms with E-state index in [4.69, 9.17) is 11.6 Å². The smallest absolute Gasteiger partial charge is 0.246 e. The van der Waals surface area contributed by atoms with Gasteiger partial charge in [-0.3, -0.25) is 5.10 Å². The van der Waals surface area contributed by atoms with Crippen LogP contribution in [0.3, 0.4) is 0 Å². The molecule has 1 unspecified atom stereocenters. The van der Waals surface area contributed by atoms with E-state index in [1.54, 1.807) is 32.2 Å². The molecule has 0 aliphatic carbocycles. The summed E-state index contributed by atoms with van der Waals surface area (Å²) in [7, 11) is -2.04. The second kappa shape index (κ2) is 5.55. The van der Waals surface area contributed by atoms with Gasteiger partial charge in [0, 0.05) is 18.1 Å². The SMILES string of the molecule is Cc1[nH]ncc1S(=O)(=O)N(C)C(C)c1cccc(Cl)c1. The van der Waals surface area contributed by atoms with Crippen LogP contribution in [0.5, 0.6) is 0 Å². The second-order valence-electron chi connectivity index (χ2n) is 4.61. The summed E-state index contributed by atoms with van der Waals surface area (Å²) >= 11 is 5.95. The van der Waals surface area contributed by atoms with Crippen LogP contribution in [0, 0.1) is 6.92 Å². The number of aromatic nitrogens is 2. The fraction of sp³-hybridized carbons (Fsp3) is 0.308. The molecule has 7 heteroatoms. The van der Waals surface area contributed by atoms with Crippen LogP contribution < -0.4 is 0 Å². The van der Waals surface area contributed by atoms with Gasteiger partial charge in [-0.25, -0.2) is 8.42 Å². The molecule has 108 valence electrons. The molecule has 0 fully saturated rings. The third-order valence-corrected chi connectivity index (χ3v) is 5.59. The van der Waals surface area contributed by atoms with Crippen LogP contribution in [0.25, 0.3) is 0 Å². The maximum absolute atomic E-state index is 12.5. The Labute approximate surface area is 123 Å². The minimum atomic E-state index is -3.59. The molecule has 5 nitrogen and oxygen atoms in total. The van der Waals surface area contributed by atoms with E-state index in [0.717, 1.165) is 5.56 Å². The maximum Gasteiger partial charge on any atom is 0.246 e. The lowest BCUT2D eigenvalue weighted by Crippen LogP contribution is -2.30. The Morgan fingerprint density at radius 2 is 2.10 bits per heavy atom. The van der Waals surface area contributed by atoms with Crippen LogP contribution in [-0.2, 0) is 10.0 Å². The van der Waals surface area contributed by atoms with Gasteiger partial charge in [0.25, 0.3) is 0 Å². The summed E-state index contributed by atoms with van der Waals surface area (Å²) in [5.74, 6) is 0. The van der Waals surface area contributed by atoms with E-state index < -0.39 is 10.0 Å². The van der Waals surface area contributed by atoms with Crippen LogP contribution in [-0.4, -0.2) is 30.0 Å². The number of nitrogens with one attached hydrogen (secondary N) is 1. The molecule has 1 aromatic carbocycles. The predicted octanol–water partition coefficient (Wildman–Crippen LogP) is 2.75. The molecule has 1 N–H and O–H groups in total. The Bertz CT molecular complexity index is 712. The molecule has 0 amide bonds. The van der Waals surface area contributed by atoms with Crippen molar-refractivity contribution < 1.29 is 8.42 Å². The topological polar surface area (TPSA) is 66.1 Å². The van der Waals surface area contributed by atoms with Gasteiger partial charge in [-0.2, -0.15) is 9.40 Å². The first-order valence-electron chi connectivity index (χ1n) is 6.07. The molecule has 1 aromatic heterocycles. The van der Waals surface area contributed by atoms with Crippen LogP contribution in [0.15, 0.2) is 35.4 Å². The van der Waals surface area contributed by atoms with Crippen LogP contribution in [0.1, 0.15) is 24.2 Å². The lowest BCUT2D eigenvalue weighted by molar-refractivity contribution is 0.398. The quantitative estimate of drug-likeness (QED) is 0.944. The van der Waals surface area contributed by atoms with E-state index >= 15 is 0 Å². The summed E-state index contributed by atoms with van der Waals surface area (Å²) in [4.78, 5) is 0.189. The normalized spacial score (nSPS) is 13.7. The van der Waals surface area contributed by atoms with Gasteiger partial charge < -0.3 is 0 Å². The number of nitrogens with zero attached hydrogens (tertiary/aromatic N) is 2. The highest BCUT2D eigenvalue weighted by atomic mass is 35.5. The van der Waals surface area contributed by atoms with E-state index in [2.05, 4.69) is 10.2 Å². The van der Waals surface area contributed by atoms with E-state index in [9.17, 15) is 8.42 Å². The lowest BCUT2D eigenvalue weighted by Gasteiger charge is -2.24. The fourth-order valence-corrected chi connectivity index (χ4v) is 3.60. The van der Waals surface area contributed by atoms with Crippen molar-refractivity contribution in [2.75, 3.05) is 7.05 Å². The van der Waals surface area contributed by atoms with Gasteiger partial charge in [0.1, 0.15) is 4.90 Å². The van der Waals surface area contributed by atoms with Crippen molar-refractivity contribution in [3.63, 3.8) is 0 Å². The van der Waals surface area contributed by atoms with Crippen molar-refractivity contribution in [1.82, 2.24) is 14.5 Å². The number of sulfonamides is 1. The Morgan fingerprint density at radius 3 is 2.65 bits per heavy atom. The lowest BCUT2D eigenvalue weighted by atomic mass is 10.1. The highest BCUT2D eigenvalue weighted by molar-refractivity contribution is 7.89. The third-order valence-electron chi connectivity index (χ3n) is 3.32. The molecule has 1 heterocycles. The number of H-pyrrole nitrogens is 1. The first-order chi connectivity index (χ1) is 9.34. The number of hydrogen-bond donors (Lipinski definition) is 1. The van der Waals surface area contributed by atoms with Crippen molar-refractivity contribution in [2.24, 2.45) is 0 Å². The molecule has 0 aliphatic rings.